The summed E-state index contributed by atoms with van der Waals surface area (Å²) in [6.07, 6.45) is 4.32. The maximum Gasteiger partial charge on any atom is 0.0839 e. The summed E-state index contributed by atoms with van der Waals surface area (Å²) in [7, 11) is 0. The first kappa shape index (κ1) is 15.3. The van der Waals surface area contributed by atoms with Crippen molar-refractivity contribution in [3.63, 3.8) is 0 Å². The van der Waals surface area contributed by atoms with E-state index in [9.17, 15) is 5.11 Å². The van der Waals surface area contributed by atoms with E-state index in [2.05, 4.69) is 42.3 Å². The molecular weight excluding hydrogens is 248 g/mol. The van der Waals surface area contributed by atoms with Crippen molar-refractivity contribution in [2.75, 3.05) is 31.5 Å². The number of anilines is 1. The van der Waals surface area contributed by atoms with Crippen LogP contribution in [0.25, 0.3) is 0 Å². The molecule has 2 rings (SSSR count). The van der Waals surface area contributed by atoms with E-state index in [1.807, 2.05) is 0 Å². The summed E-state index contributed by atoms with van der Waals surface area (Å²) in [5.41, 5.74) is 3.92. The molecule has 0 aliphatic carbocycles. The highest BCUT2D eigenvalue weighted by molar-refractivity contribution is 5.58. The molecule has 0 bridgehead atoms. The summed E-state index contributed by atoms with van der Waals surface area (Å²) in [5, 5.41) is 13.7. The number of β-amino-alcohol motifs (C(OH)–C–C–N with tert-alkyl or cyclic N) is 1. The van der Waals surface area contributed by atoms with Gasteiger partial charge in [0.05, 0.1) is 6.10 Å². The van der Waals surface area contributed by atoms with Gasteiger partial charge in [-0.1, -0.05) is 32.0 Å². The number of para-hydroxylation sites is 1. The Labute approximate surface area is 123 Å². The second-order valence-corrected chi connectivity index (χ2v) is 5.70. The number of hydrogen-bond acceptors (Lipinski definition) is 3. The number of aryl methyl sites for hydroxylation is 2. The number of aliphatic hydroxyl groups excluding tert-OH is 1. The number of benzene rings is 1. The van der Waals surface area contributed by atoms with Crippen LogP contribution in [-0.2, 0) is 12.8 Å². The van der Waals surface area contributed by atoms with Crippen molar-refractivity contribution in [2.45, 2.75) is 45.6 Å². The fourth-order valence-corrected chi connectivity index (χ4v) is 3.02. The average molecular weight is 276 g/mol. The highest BCUT2D eigenvalue weighted by Gasteiger charge is 2.16. The molecule has 112 valence electrons. The van der Waals surface area contributed by atoms with Crippen LogP contribution in [0.3, 0.4) is 0 Å². The van der Waals surface area contributed by atoms with Crippen molar-refractivity contribution in [1.29, 1.82) is 0 Å². The fraction of sp³-hybridized carbons (Fsp3) is 0.647. The average Bonchev–Trinajstić information content (AvgIpc) is 2.97. The van der Waals surface area contributed by atoms with Crippen LogP contribution in [0, 0.1) is 0 Å². The number of aliphatic hydroxyl groups is 1. The molecule has 0 radical (unpaired) electrons. The molecule has 1 atom stereocenters. The SMILES string of the molecule is CCc1cccc(CC)c1NCC(O)CN1CCCC1. The highest BCUT2D eigenvalue weighted by Crippen LogP contribution is 2.22. The molecule has 1 fully saturated rings. The summed E-state index contributed by atoms with van der Waals surface area (Å²) < 4.78 is 0. The third-order valence-corrected chi connectivity index (χ3v) is 4.18. The normalized spacial score (nSPS) is 17.4. The number of nitrogens with one attached hydrogen (secondary N) is 1. The lowest BCUT2D eigenvalue weighted by atomic mass is 10.0. The molecule has 0 spiro atoms. The maximum absolute atomic E-state index is 10.2. The van der Waals surface area contributed by atoms with Gasteiger partial charge in [-0.2, -0.15) is 0 Å². The van der Waals surface area contributed by atoms with Gasteiger partial charge in [-0.25, -0.2) is 0 Å². The Morgan fingerprint density at radius 3 is 2.30 bits per heavy atom. The molecule has 1 aromatic carbocycles. The molecule has 0 amide bonds. The lowest BCUT2D eigenvalue weighted by Crippen LogP contribution is -2.34. The first-order chi connectivity index (χ1) is 9.74. The van der Waals surface area contributed by atoms with E-state index in [-0.39, 0.29) is 6.10 Å². The molecule has 1 heterocycles. The molecular formula is C17H28N2O. The van der Waals surface area contributed by atoms with Gasteiger partial charge in [0, 0.05) is 18.8 Å². The van der Waals surface area contributed by atoms with E-state index >= 15 is 0 Å². The minimum absolute atomic E-state index is 0.289. The third kappa shape index (κ3) is 3.97. The summed E-state index contributed by atoms with van der Waals surface area (Å²) in [5.74, 6) is 0. The van der Waals surface area contributed by atoms with Gasteiger partial charge in [-0.3, -0.25) is 0 Å². The van der Waals surface area contributed by atoms with Crippen LogP contribution >= 0.6 is 0 Å². The van der Waals surface area contributed by atoms with Crippen molar-refractivity contribution in [1.82, 2.24) is 4.90 Å². The topological polar surface area (TPSA) is 35.5 Å². The molecule has 1 saturated heterocycles. The first-order valence-electron chi connectivity index (χ1n) is 7.99. The Hall–Kier alpha value is -1.06. The smallest absolute Gasteiger partial charge is 0.0839 e. The van der Waals surface area contributed by atoms with Crippen LogP contribution in [0.5, 0.6) is 0 Å². The van der Waals surface area contributed by atoms with Crippen molar-refractivity contribution >= 4 is 5.69 Å². The van der Waals surface area contributed by atoms with Crippen molar-refractivity contribution in [2.24, 2.45) is 0 Å². The Morgan fingerprint density at radius 1 is 1.15 bits per heavy atom. The molecule has 20 heavy (non-hydrogen) atoms. The van der Waals surface area contributed by atoms with Crippen LogP contribution in [0.4, 0.5) is 5.69 Å². The van der Waals surface area contributed by atoms with Gasteiger partial charge in [0.1, 0.15) is 0 Å². The highest BCUT2D eigenvalue weighted by atomic mass is 16.3. The van der Waals surface area contributed by atoms with Crippen LogP contribution in [0.1, 0.15) is 37.8 Å². The minimum atomic E-state index is -0.289. The van der Waals surface area contributed by atoms with Crippen molar-refractivity contribution in [3.05, 3.63) is 29.3 Å². The predicted molar refractivity (Wildman–Crippen MR) is 85.4 cm³/mol. The lowest BCUT2D eigenvalue weighted by Gasteiger charge is -2.22. The molecule has 3 heteroatoms. The number of nitrogens with zero attached hydrogens (tertiary/aromatic N) is 1. The molecule has 0 aromatic heterocycles. The van der Waals surface area contributed by atoms with Crippen LogP contribution in [0.15, 0.2) is 18.2 Å². The molecule has 3 nitrogen and oxygen atoms in total. The van der Waals surface area contributed by atoms with E-state index < -0.39 is 0 Å². The molecule has 0 saturated carbocycles. The zero-order valence-corrected chi connectivity index (χ0v) is 12.9. The zero-order valence-electron chi connectivity index (χ0n) is 12.9. The summed E-state index contributed by atoms with van der Waals surface area (Å²) in [6, 6.07) is 6.48. The van der Waals surface area contributed by atoms with Crippen molar-refractivity contribution < 1.29 is 5.11 Å². The summed E-state index contributed by atoms with van der Waals surface area (Å²) in [4.78, 5) is 2.36. The van der Waals surface area contributed by atoms with Crippen LogP contribution in [-0.4, -0.2) is 42.3 Å². The second kappa shape index (κ2) is 7.65. The Bertz CT molecular complexity index is 391. The van der Waals surface area contributed by atoms with Crippen LogP contribution < -0.4 is 5.32 Å². The molecule has 1 unspecified atom stereocenters. The van der Waals surface area contributed by atoms with Crippen molar-refractivity contribution in [3.8, 4) is 0 Å². The summed E-state index contributed by atoms with van der Waals surface area (Å²) in [6.45, 7) is 8.08. The lowest BCUT2D eigenvalue weighted by molar-refractivity contribution is 0.135. The number of rotatable bonds is 7. The predicted octanol–water partition coefficient (Wildman–Crippen LogP) is 2.68. The maximum atomic E-state index is 10.2. The van der Waals surface area contributed by atoms with E-state index in [0.717, 1.165) is 32.5 Å². The number of hydrogen-bond donors (Lipinski definition) is 2. The Morgan fingerprint density at radius 2 is 1.75 bits per heavy atom. The Kier molecular flexibility index (Phi) is 5.86. The second-order valence-electron chi connectivity index (χ2n) is 5.70. The minimum Gasteiger partial charge on any atom is -0.390 e. The van der Waals surface area contributed by atoms with Gasteiger partial charge in [0.15, 0.2) is 0 Å². The third-order valence-electron chi connectivity index (χ3n) is 4.18. The van der Waals surface area contributed by atoms with Crippen LogP contribution in [0.2, 0.25) is 0 Å². The van der Waals surface area contributed by atoms with Gasteiger partial charge < -0.3 is 15.3 Å². The largest absolute Gasteiger partial charge is 0.390 e. The quantitative estimate of drug-likeness (QED) is 0.804. The van der Waals surface area contributed by atoms with E-state index in [0.29, 0.717) is 6.54 Å². The van der Waals surface area contributed by atoms with E-state index in [4.69, 9.17) is 0 Å². The Balaban J connectivity index is 1.92. The van der Waals surface area contributed by atoms with Gasteiger partial charge >= 0.3 is 0 Å². The fourth-order valence-electron chi connectivity index (χ4n) is 3.02. The monoisotopic (exact) mass is 276 g/mol. The molecule has 1 aliphatic rings. The summed E-state index contributed by atoms with van der Waals surface area (Å²) >= 11 is 0. The zero-order chi connectivity index (χ0) is 14.4. The van der Waals surface area contributed by atoms with Gasteiger partial charge in [0.2, 0.25) is 0 Å². The number of likely N-dealkylation sites (tertiary alicyclic amines) is 1. The van der Waals surface area contributed by atoms with E-state index in [1.165, 1.54) is 29.7 Å². The van der Waals surface area contributed by atoms with E-state index in [1.54, 1.807) is 0 Å². The molecule has 1 aromatic rings. The molecule has 2 N–H and O–H groups in total. The first-order valence-corrected chi connectivity index (χ1v) is 7.99. The molecule has 1 aliphatic heterocycles. The standard InChI is InChI=1S/C17H28N2O/c1-3-14-8-7-9-15(4-2)17(14)18-12-16(20)13-19-10-5-6-11-19/h7-9,16,18,20H,3-6,10-13H2,1-2H3. The van der Waals surface area contributed by atoms with Gasteiger partial charge in [-0.05, 0) is 49.9 Å². The van der Waals surface area contributed by atoms with Gasteiger partial charge in [-0.15, -0.1) is 0 Å². The van der Waals surface area contributed by atoms with Gasteiger partial charge in [0.25, 0.3) is 0 Å².